The largest absolute Gasteiger partial charge is 0.488 e. The van der Waals surface area contributed by atoms with Crippen LogP contribution in [-0.2, 0) is 0 Å². The van der Waals surface area contributed by atoms with Crippen LogP contribution < -0.4 is 10.1 Å². The quantitative estimate of drug-likeness (QED) is 0.905. The van der Waals surface area contributed by atoms with Gasteiger partial charge in [-0.2, -0.15) is 0 Å². The fourth-order valence-electron chi connectivity index (χ4n) is 3.14. The minimum absolute atomic E-state index is 0.261. The molecule has 0 aliphatic heterocycles. The fraction of sp³-hybridized carbons (Fsp3) is 0.643. The molecule has 0 radical (unpaired) electrons. The number of hydrogen-bond acceptors (Lipinski definition) is 3. The summed E-state index contributed by atoms with van der Waals surface area (Å²) in [6.45, 7) is 4.50. The maximum atomic E-state index is 6.13. The second-order valence-electron chi connectivity index (χ2n) is 4.96. The van der Waals surface area contributed by atoms with Crippen molar-refractivity contribution in [2.45, 2.75) is 45.3 Å². The number of halogens is 1. The van der Waals surface area contributed by atoms with E-state index in [0.29, 0.717) is 12.1 Å². The molecule has 0 amide bonds. The van der Waals surface area contributed by atoms with Crippen LogP contribution in [-0.4, -0.2) is 24.2 Å². The zero-order chi connectivity index (χ0) is 13.2. The fourth-order valence-corrected chi connectivity index (χ4v) is 3.48. The van der Waals surface area contributed by atoms with Gasteiger partial charge >= 0.3 is 0 Å². The maximum absolute atomic E-state index is 6.13. The first-order chi connectivity index (χ1) is 8.66. The lowest BCUT2D eigenvalue weighted by atomic mass is 9.58. The van der Waals surface area contributed by atoms with Crippen LogP contribution in [0.3, 0.4) is 0 Å². The predicted octanol–water partition coefficient (Wildman–Crippen LogP) is 3.39. The molecule has 1 saturated carbocycles. The summed E-state index contributed by atoms with van der Waals surface area (Å²) in [7, 11) is 2.04. The molecule has 100 valence electrons. The van der Waals surface area contributed by atoms with Gasteiger partial charge in [-0.05, 0) is 41.9 Å². The number of hydrogen-bond donors (Lipinski definition) is 1. The van der Waals surface area contributed by atoms with Crippen molar-refractivity contribution < 1.29 is 4.74 Å². The van der Waals surface area contributed by atoms with Gasteiger partial charge in [-0.3, -0.25) is 4.98 Å². The average molecular weight is 313 g/mol. The van der Waals surface area contributed by atoms with Gasteiger partial charge in [-0.15, -0.1) is 0 Å². The molecule has 0 saturated heterocycles. The van der Waals surface area contributed by atoms with Gasteiger partial charge in [0.25, 0.3) is 0 Å². The van der Waals surface area contributed by atoms with Gasteiger partial charge in [-0.1, -0.05) is 13.8 Å². The van der Waals surface area contributed by atoms with Gasteiger partial charge < -0.3 is 10.1 Å². The van der Waals surface area contributed by atoms with E-state index in [2.05, 4.69) is 40.1 Å². The van der Waals surface area contributed by atoms with Crippen molar-refractivity contribution in [1.29, 1.82) is 0 Å². The van der Waals surface area contributed by atoms with Crippen molar-refractivity contribution in [1.82, 2.24) is 10.3 Å². The van der Waals surface area contributed by atoms with Gasteiger partial charge in [0, 0.05) is 28.5 Å². The summed E-state index contributed by atoms with van der Waals surface area (Å²) in [5.41, 5.74) is 0.261. The summed E-state index contributed by atoms with van der Waals surface area (Å²) in [6, 6.07) is 2.55. The Hall–Kier alpha value is -0.610. The van der Waals surface area contributed by atoms with Gasteiger partial charge in [0.05, 0.1) is 6.20 Å². The Kier molecular flexibility index (Phi) is 4.28. The Labute approximate surface area is 117 Å². The molecular formula is C14H21BrN2O. The molecule has 2 atom stereocenters. The lowest BCUT2D eigenvalue weighted by Gasteiger charge is -2.55. The first-order valence-electron chi connectivity index (χ1n) is 6.60. The van der Waals surface area contributed by atoms with Gasteiger partial charge in [-0.25, -0.2) is 0 Å². The molecule has 1 aromatic rings. The van der Waals surface area contributed by atoms with E-state index in [1.165, 1.54) is 0 Å². The highest BCUT2D eigenvalue weighted by Crippen LogP contribution is 2.48. The van der Waals surface area contributed by atoms with Crippen molar-refractivity contribution in [2.24, 2.45) is 5.41 Å². The average Bonchev–Trinajstić information content (AvgIpc) is 2.36. The van der Waals surface area contributed by atoms with E-state index in [4.69, 9.17) is 4.74 Å². The summed E-state index contributed by atoms with van der Waals surface area (Å²) in [5, 5.41) is 3.42. The van der Waals surface area contributed by atoms with Gasteiger partial charge in [0.1, 0.15) is 11.9 Å². The number of nitrogens with one attached hydrogen (secondary N) is 1. The summed E-state index contributed by atoms with van der Waals surface area (Å²) in [6.07, 6.45) is 7.21. The van der Waals surface area contributed by atoms with E-state index in [-0.39, 0.29) is 5.41 Å². The van der Waals surface area contributed by atoms with Crippen molar-refractivity contribution in [3.8, 4) is 5.75 Å². The molecule has 1 aliphatic carbocycles. The van der Waals surface area contributed by atoms with Gasteiger partial charge in [0.2, 0.25) is 0 Å². The second-order valence-corrected chi connectivity index (χ2v) is 5.88. The highest BCUT2D eigenvalue weighted by Gasteiger charge is 2.53. The number of pyridine rings is 1. The second kappa shape index (κ2) is 5.57. The zero-order valence-electron chi connectivity index (χ0n) is 11.2. The smallest absolute Gasteiger partial charge is 0.139 e. The van der Waals surface area contributed by atoms with Crippen molar-refractivity contribution in [2.75, 3.05) is 7.05 Å². The van der Waals surface area contributed by atoms with Crippen LogP contribution in [0.5, 0.6) is 5.75 Å². The standard InChI is InChI=1S/C14H21BrN2O/c1-4-14(5-2)12(16-3)7-13(14)18-11-6-10(15)8-17-9-11/h6,8-9,12-13,16H,4-5,7H2,1-3H3. The molecular weight excluding hydrogens is 292 g/mol. The van der Waals surface area contributed by atoms with Crippen LogP contribution >= 0.6 is 15.9 Å². The third kappa shape index (κ3) is 2.28. The van der Waals surface area contributed by atoms with E-state index in [1.54, 1.807) is 12.4 Å². The Morgan fingerprint density at radius 1 is 1.44 bits per heavy atom. The molecule has 0 aromatic carbocycles. The summed E-state index contributed by atoms with van der Waals surface area (Å²) >= 11 is 3.43. The van der Waals surface area contributed by atoms with E-state index < -0.39 is 0 Å². The normalized spacial score (nSPS) is 25.6. The van der Waals surface area contributed by atoms with Crippen LogP contribution in [0.25, 0.3) is 0 Å². The molecule has 1 fully saturated rings. The lowest BCUT2D eigenvalue weighted by Crippen LogP contribution is -2.63. The monoisotopic (exact) mass is 312 g/mol. The highest BCUT2D eigenvalue weighted by molar-refractivity contribution is 9.10. The molecule has 3 nitrogen and oxygen atoms in total. The first-order valence-corrected chi connectivity index (χ1v) is 7.40. The number of ether oxygens (including phenoxy) is 1. The summed E-state index contributed by atoms with van der Waals surface area (Å²) in [4.78, 5) is 4.15. The van der Waals surface area contributed by atoms with E-state index >= 15 is 0 Å². The molecule has 1 heterocycles. The minimum atomic E-state index is 0.261. The zero-order valence-corrected chi connectivity index (χ0v) is 12.8. The molecule has 0 bridgehead atoms. The van der Waals surface area contributed by atoms with Crippen molar-refractivity contribution >= 4 is 15.9 Å². The highest BCUT2D eigenvalue weighted by atomic mass is 79.9. The lowest BCUT2D eigenvalue weighted by molar-refractivity contribution is -0.0837. The minimum Gasteiger partial charge on any atom is -0.488 e. The molecule has 18 heavy (non-hydrogen) atoms. The van der Waals surface area contributed by atoms with Crippen LogP contribution in [0.2, 0.25) is 0 Å². The Balaban J connectivity index is 2.10. The SMILES string of the molecule is CCC1(CC)C(NC)CC1Oc1cncc(Br)c1. The molecule has 1 aliphatic rings. The van der Waals surface area contributed by atoms with Crippen molar-refractivity contribution in [3.63, 3.8) is 0 Å². The molecule has 1 N–H and O–H groups in total. The van der Waals surface area contributed by atoms with Crippen LogP contribution in [0.15, 0.2) is 22.9 Å². The van der Waals surface area contributed by atoms with E-state index in [1.807, 2.05) is 13.1 Å². The van der Waals surface area contributed by atoms with Crippen LogP contribution in [0.4, 0.5) is 0 Å². The first kappa shape index (κ1) is 13.8. The van der Waals surface area contributed by atoms with Crippen molar-refractivity contribution in [3.05, 3.63) is 22.9 Å². The number of aromatic nitrogens is 1. The third-order valence-corrected chi connectivity index (χ3v) is 4.84. The van der Waals surface area contributed by atoms with Crippen LogP contribution in [0.1, 0.15) is 33.1 Å². The summed E-state index contributed by atoms with van der Waals surface area (Å²) in [5.74, 6) is 0.857. The topological polar surface area (TPSA) is 34.1 Å². The Bertz CT molecular complexity index is 407. The Morgan fingerprint density at radius 2 is 2.17 bits per heavy atom. The van der Waals surface area contributed by atoms with Crippen LogP contribution in [0, 0.1) is 5.41 Å². The number of rotatable bonds is 5. The molecule has 2 rings (SSSR count). The molecule has 2 unspecified atom stereocenters. The third-order valence-electron chi connectivity index (χ3n) is 4.41. The number of nitrogens with zero attached hydrogens (tertiary/aromatic N) is 1. The summed E-state index contributed by atoms with van der Waals surface area (Å²) < 4.78 is 7.09. The van der Waals surface area contributed by atoms with E-state index in [9.17, 15) is 0 Å². The molecule has 4 heteroatoms. The van der Waals surface area contributed by atoms with E-state index in [0.717, 1.165) is 29.5 Å². The Morgan fingerprint density at radius 3 is 2.72 bits per heavy atom. The molecule has 1 aromatic heterocycles. The van der Waals surface area contributed by atoms with Gasteiger partial charge in [0.15, 0.2) is 0 Å². The maximum Gasteiger partial charge on any atom is 0.139 e. The predicted molar refractivity (Wildman–Crippen MR) is 76.8 cm³/mol. The molecule has 0 spiro atoms.